The van der Waals surface area contributed by atoms with Crippen molar-refractivity contribution in [2.75, 3.05) is 25.1 Å². The summed E-state index contributed by atoms with van der Waals surface area (Å²) in [6.07, 6.45) is -5.23. The largest absolute Gasteiger partial charge is 0.573 e. The number of likely N-dealkylation sites (tertiary alicyclic amines) is 1. The molecule has 0 radical (unpaired) electrons. The van der Waals surface area contributed by atoms with E-state index in [-0.39, 0.29) is 18.0 Å². The number of halogens is 3. The third kappa shape index (κ3) is 6.11. The van der Waals surface area contributed by atoms with Crippen LogP contribution in [-0.4, -0.2) is 65.1 Å². The van der Waals surface area contributed by atoms with E-state index in [0.29, 0.717) is 0 Å². The van der Waals surface area contributed by atoms with Crippen molar-refractivity contribution in [2.45, 2.75) is 42.3 Å². The molecule has 2 aliphatic rings. The molecule has 2 aliphatic heterocycles. The van der Waals surface area contributed by atoms with Gasteiger partial charge in [-0.25, -0.2) is 18.5 Å². The van der Waals surface area contributed by atoms with Crippen molar-refractivity contribution in [1.29, 1.82) is 4.78 Å². The fourth-order valence-electron chi connectivity index (χ4n) is 5.43. The third-order valence-corrected chi connectivity index (χ3v) is 8.84. The van der Waals surface area contributed by atoms with Crippen LogP contribution in [0.4, 0.5) is 29.3 Å². The summed E-state index contributed by atoms with van der Waals surface area (Å²) in [6, 6.07) is 17.9. The molecule has 4 unspecified atom stereocenters. The Morgan fingerprint density at radius 1 is 0.976 bits per heavy atom. The van der Waals surface area contributed by atoms with E-state index in [0.717, 1.165) is 59.6 Å². The van der Waals surface area contributed by atoms with Gasteiger partial charge >= 0.3 is 12.5 Å². The number of hydrogen-bond donors (Lipinski definition) is 3. The lowest BCUT2D eigenvalue weighted by atomic mass is 9.94. The number of hydrogen-bond acceptors (Lipinski definition) is 7. The summed E-state index contributed by atoms with van der Waals surface area (Å²) in [6.45, 7) is -0.0377. The number of rotatable bonds is 5. The summed E-state index contributed by atoms with van der Waals surface area (Å²) in [5.41, 5.74) is 3.83. The van der Waals surface area contributed by atoms with E-state index in [9.17, 15) is 27.3 Å². The van der Waals surface area contributed by atoms with Crippen molar-refractivity contribution in [3.8, 4) is 5.75 Å². The number of methoxy groups -OCH3 is 1. The molecule has 1 amide bonds. The van der Waals surface area contributed by atoms with Crippen molar-refractivity contribution in [3.05, 3.63) is 83.9 Å². The highest BCUT2D eigenvalue weighted by molar-refractivity contribution is 7.90. The first kappa shape index (κ1) is 28.7. The lowest BCUT2D eigenvalue weighted by Crippen LogP contribution is -2.65. The maximum Gasteiger partial charge on any atom is 0.573 e. The second kappa shape index (κ2) is 11.2. The van der Waals surface area contributed by atoms with Crippen molar-refractivity contribution in [1.82, 2.24) is 9.62 Å². The maximum atomic E-state index is 13.5. The minimum atomic E-state index is -4.90. The Hall–Kier alpha value is -3.81. The number of amides is 1. The molecule has 41 heavy (non-hydrogen) atoms. The number of nitrogens with zero attached hydrogens (tertiary/aromatic N) is 2. The molecule has 0 aromatic heterocycles. The second-order valence-corrected chi connectivity index (χ2v) is 11.7. The van der Waals surface area contributed by atoms with Crippen molar-refractivity contribution < 1.29 is 36.8 Å². The molecule has 0 spiro atoms. The van der Waals surface area contributed by atoms with Crippen LogP contribution in [0.15, 0.2) is 77.7 Å². The number of carbonyl (C=O) groups excluding carboxylic acids is 1. The zero-order chi connectivity index (χ0) is 29.4. The van der Waals surface area contributed by atoms with Crippen LogP contribution >= 0.6 is 0 Å². The van der Waals surface area contributed by atoms with Gasteiger partial charge < -0.3 is 24.4 Å². The SMILES string of the molecule is COC(=O)N1CC(NS(=N)(=O)c2ccc(OC(F)(F)F)cc2)C(O)C(N2c3ccccc3CCc3ccccc32)C1. The number of ether oxygens (including phenoxy) is 2. The number of aryl methyl sites for hydroxylation is 2. The van der Waals surface area contributed by atoms with E-state index < -0.39 is 46.3 Å². The van der Waals surface area contributed by atoms with Gasteiger partial charge in [0.2, 0.25) is 0 Å². The quantitative estimate of drug-likeness (QED) is 0.400. The number of anilines is 2. The standard InChI is InChI=1S/C28H29F3N4O5S/c1-39-27(37)34-16-22(33-41(32,38)21-14-12-20(13-15-21)40-28(29,30)31)26(36)25(17-34)35-23-8-4-2-6-18(23)10-11-19-7-3-5-9-24(19)35/h2-9,12-15,22,25-26,36H,10-11,16-17H2,1H3,(H2,32,33,38). The highest BCUT2D eigenvalue weighted by atomic mass is 32.2. The number of para-hydroxylation sites is 2. The van der Waals surface area contributed by atoms with Crippen LogP contribution in [0.25, 0.3) is 0 Å². The summed E-state index contributed by atoms with van der Waals surface area (Å²) >= 11 is 0. The van der Waals surface area contributed by atoms with Gasteiger partial charge in [-0.05, 0) is 60.4 Å². The van der Waals surface area contributed by atoms with E-state index in [1.807, 2.05) is 53.4 Å². The third-order valence-electron chi connectivity index (χ3n) is 7.27. The lowest BCUT2D eigenvalue weighted by Gasteiger charge is -2.46. The van der Waals surface area contributed by atoms with Crippen molar-refractivity contribution >= 4 is 27.4 Å². The van der Waals surface area contributed by atoms with Crippen LogP contribution in [0.1, 0.15) is 11.1 Å². The van der Waals surface area contributed by atoms with E-state index in [1.165, 1.54) is 12.0 Å². The van der Waals surface area contributed by atoms with Gasteiger partial charge in [-0.15, -0.1) is 13.2 Å². The van der Waals surface area contributed by atoms with Crippen LogP contribution in [0, 0.1) is 4.78 Å². The summed E-state index contributed by atoms with van der Waals surface area (Å²) in [5, 5.41) is 11.7. The Morgan fingerprint density at radius 2 is 1.54 bits per heavy atom. The van der Waals surface area contributed by atoms with Gasteiger partial charge in [0, 0.05) is 24.5 Å². The number of aliphatic hydroxyl groups is 1. The number of aliphatic hydroxyl groups excluding tert-OH is 1. The van der Waals surface area contributed by atoms with E-state index in [1.54, 1.807) is 0 Å². The molecule has 218 valence electrons. The summed E-state index contributed by atoms with van der Waals surface area (Å²) in [7, 11) is -2.60. The molecule has 13 heteroatoms. The summed E-state index contributed by atoms with van der Waals surface area (Å²) in [4.78, 5) is 16.0. The number of piperidine rings is 1. The normalized spacial score (nSPS) is 22.1. The van der Waals surface area contributed by atoms with Gasteiger partial charge in [-0.1, -0.05) is 36.4 Å². The molecule has 3 N–H and O–H groups in total. The Kier molecular flexibility index (Phi) is 7.86. The predicted molar refractivity (Wildman–Crippen MR) is 145 cm³/mol. The molecule has 0 saturated carbocycles. The molecule has 1 fully saturated rings. The molecule has 9 nitrogen and oxygen atoms in total. The smallest absolute Gasteiger partial charge is 0.453 e. The first-order valence-electron chi connectivity index (χ1n) is 12.8. The second-order valence-electron chi connectivity index (χ2n) is 9.86. The van der Waals surface area contributed by atoms with Gasteiger partial charge in [0.05, 0.1) is 30.2 Å². The zero-order valence-electron chi connectivity index (χ0n) is 22.0. The fourth-order valence-corrected chi connectivity index (χ4v) is 6.72. The van der Waals surface area contributed by atoms with Crippen LogP contribution in [0.2, 0.25) is 0 Å². The average Bonchev–Trinajstić information content (AvgIpc) is 3.10. The Balaban J connectivity index is 1.50. The number of benzene rings is 3. The topological polar surface area (TPSA) is 115 Å². The Morgan fingerprint density at radius 3 is 2.07 bits per heavy atom. The lowest BCUT2D eigenvalue weighted by molar-refractivity contribution is -0.274. The Labute approximate surface area is 235 Å². The molecule has 5 rings (SSSR count). The highest BCUT2D eigenvalue weighted by Crippen LogP contribution is 2.39. The van der Waals surface area contributed by atoms with Gasteiger partial charge in [-0.2, -0.15) is 0 Å². The predicted octanol–water partition coefficient (Wildman–Crippen LogP) is 4.61. The van der Waals surface area contributed by atoms with Gasteiger partial charge in [0.1, 0.15) is 15.7 Å². The molecule has 3 aromatic rings. The van der Waals surface area contributed by atoms with Gasteiger partial charge in [0.15, 0.2) is 0 Å². The van der Waals surface area contributed by atoms with Crippen LogP contribution in [0.3, 0.4) is 0 Å². The minimum Gasteiger partial charge on any atom is -0.453 e. The molecule has 4 atom stereocenters. The number of carbonyl (C=O) groups is 1. The average molecular weight is 591 g/mol. The Bertz CT molecular complexity index is 1470. The first-order valence-corrected chi connectivity index (χ1v) is 14.4. The fraction of sp³-hybridized carbons (Fsp3) is 0.321. The molecule has 0 bridgehead atoms. The molecular formula is C28H29F3N4O5S. The van der Waals surface area contributed by atoms with Crippen molar-refractivity contribution in [2.24, 2.45) is 0 Å². The molecule has 0 aliphatic carbocycles. The van der Waals surface area contributed by atoms with Crippen LogP contribution < -0.4 is 14.4 Å². The van der Waals surface area contributed by atoms with Gasteiger partial charge in [0.25, 0.3) is 0 Å². The number of alkyl halides is 3. The monoisotopic (exact) mass is 590 g/mol. The molecular weight excluding hydrogens is 561 g/mol. The first-order chi connectivity index (χ1) is 19.5. The van der Waals surface area contributed by atoms with E-state index in [4.69, 9.17) is 9.52 Å². The molecule has 1 saturated heterocycles. The minimum absolute atomic E-state index is 0.0807. The van der Waals surface area contributed by atoms with Gasteiger partial charge in [-0.3, -0.25) is 0 Å². The summed E-state index contributed by atoms with van der Waals surface area (Å²) < 4.78 is 71.2. The van der Waals surface area contributed by atoms with Crippen LogP contribution in [-0.2, 0) is 27.5 Å². The van der Waals surface area contributed by atoms with Crippen molar-refractivity contribution in [3.63, 3.8) is 0 Å². The molecule has 2 heterocycles. The zero-order valence-corrected chi connectivity index (χ0v) is 22.8. The van der Waals surface area contributed by atoms with Crippen LogP contribution in [0.5, 0.6) is 5.75 Å². The number of fused-ring (bicyclic) bond motifs is 2. The molecule has 3 aromatic carbocycles. The number of nitrogens with one attached hydrogen (secondary N) is 2. The maximum absolute atomic E-state index is 13.5. The van der Waals surface area contributed by atoms with E-state index >= 15 is 0 Å². The highest BCUT2D eigenvalue weighted by Gasteiger charge is 2.44. The van der Waals surface area contributed by atoms with E-state index in [2.05, 4.69) is 9.46 Å². The summed E-state index contributed by atoms with van der Waals surface area (Å²) in [5.74, 6) is -0.524.